The number of ether oxygens (including phenoxy) is 1. The van der Waals surface area contributed by atoms with Crippen LogP contribution in [0.25, 0.3) is 5.69 Å². The van der Waals surface area contributed by atoms with Crippen LogP contribution in [-0.4, -0.2) is 58.1 Å². The van der Waals surface area contributed by atoms with Gasteiger partial charge in [-0.1, -0.05) is 42.1 Å². The third-order valence-corrected chi connectivity index (χ3v) is 6.65. The normalized spacial score (nSPS) is 14.9. The Morgan fingerprint density at radius 1 is 1.09 bits per heavy atom. The second kappa shape index (κ2) is 10.7. The molecule has 1 aliphatic rings. The van der Waals surface area contributed by atoms with Crippen LogP contribution in [0, 0.1) is 6.92 Å². The summed E-state index contributed by atoms with van der Waals surface area (Å²) >= 11 is 1.39. The zero-order valence-electron chi connectivity index (χ0n) is 18.5. The quantitative estimate of drug-likeness (QED) is 0.501. The number of hydrogen-bond donors (Lipinski definition) is 1. The number of rotatable bonds is 9. The van der Waals surface area contributed by atoms with E-state index >= 15 is 0 Å². The van der Waals surface area contributed by atoms with Gasteiger partial charge in [0.1, 0.15) is 11.6 Å². The van der Waals surface area contributed by atoms with E-state index in [1.807, 2.05) is 41.8 Å². The highest BCUT2D eigenvalue weighted by atomic mass is 32.2. The van der Waals surface area contributed by atoms with Crippen molar-refractivity contribution in [1.29, 1.82) is 0 Å². The first kappa shape index (κ1) is 22.4. The lowest BCUT2D eigenvalue weighted by Crippen LogP contribution is -2.37. The molecule has 1 unspecified atom stereocenters. The van der Waals surface area contributed by atoms with Crippen molar-refractivity contribution in [1.82, 2.24) is 25.0 Å². The maximum Gasteiger partial charge on any atom is 0.230 e. The maximum atomic E-state index is 12.7. The van der Waals surface area contributed by atoms with E-state index in [0.29, 0.717) is 11.7 Å². The molecule has 1 amide bonds. The first-order valence-electron chi connectivity index (χ1n) is 10.9. The van der Waals surface area contributed by atoms with Crippen LogP contribution >= 0.6 is 11.8 Å². The van der Waals surface area contributed by atoms with Crippen molar-refractivity contribution in [3.05, 3.63) is 66.0 Å². The van der Waals surface area contributed by atoms with E-state index in [0.717, 1.165) is 30.4 Å². The molecule has 1 atom stereocenters. The molecule has 0 aliphatic carbocycles. The summed E-state index contributed by atoms with van der Waals surface area (Å²) in [6, 6.07) is 18.4. The molecule has 2 heterocycles. The molecule has 3 aromatic rings. The smallest absolute Gasteiger partial charge is 0.230 e. The van der Waals surface area contributed by atoms with Gasteiger partial charge >= 0.3 is 0 Å². The fraction of sp³-hybridized carbons (Fsp3) is 0.375. The molecule has 0 spiro atoms. The van der Waals surface area contributed by atoms with Crippen LogP contribution in [-0.2, 0) is 4.79 Å². The van der Waals surface area contributed by atoms with E-state index in [4.69, 9.17) is 4.74 Å². The fourth-order valence-corrected chi connectivity index (χ4v) is 4.87. The number of aromatic nitrogens is 3. The van der Waals surface area contributed by atoms with Crippen molar-refractivity contribution in [2.75, 3.05) is 32.5 Å². The topological polar surface area (TPSA) is 72.3 Å². The van der Waals surface area contributed by atoms with Crippen molar-refractivity contribution in [3.8, 4) is 11.4 Å². The van der Waals surface area contributed by atoms with Crippen molar-refractivity contribution >= 4 is 17.7 Å². The van der Waals surface area contributed by atoms with E-state index in [1.165, 1.54) is 30.2 Å². The highest BCUT2D eigenvalue weighted by Gasteiger charge is 2.24. The molecule has 8 heteroatoms. The first-order valence-corrected chi connectivity index (χ1v) is 11.9. The first-order chi connectivity index (χ1) is 15.7. The Labute approximate surface area is 193 Å². The van der Waals surface area contributed by atoms with Gasteiger partial charge in [0.15, 0.2) is 5.16 Å². The third-order valence-electron chi connectivity index (χ3n) is 5.72. The number of thioether (sulfide) groups is 1. The largest absolute Gasteiger partial charge is 0.497 e. The molecule has 1 fully saturated rings. The number of carbonyl (C=O) groups excluding carboxylic acids is 1. The van der Waals surface area contributed by atoms with Gasteiger partial charge in [0.05, 0.1) is 18.9 Å². The minimum absolute atomic E-state index is 0.00272. The molecule has 2 aromatic carbocycles. The molecular formula is C24H29N5O2S. The van der Waals surface area contributed by atoms with E-state index in [9.17, 15) is 4.79 Å². The molecule has 0 bridgehead atoms. The molecule has 1 aromatic heterocycles. The minimum Gasteiger partial charge on any atom is -0.497 e. The molecule has 32 heavy (non-hydrogen) atoms. The maximum absolute atomic E-state index is 12.7. The van der Waals surface area contributed by atoms with E-state index < -0.39 is 0 Å². The lowest BCUT2D eigenvalue weighted by atomic mass is 10.1. The van der Waals surface area contributed by atoms with Crippen LogP contribution in [0.1, 0.15) is 30.3 Å². The average molecular weight is 452 g/mol. The van der Waals surface area contributed by atoms with Gasteiger partial charge in [-0.05, 0) is 62.7 Å². The Bertz CT molecular complexity index is 1020. The number of nitrogens with one attached hydrogen (secondary N) is 1. The van der Waals surface area contributed by atoms with Gasteiger partial charge in [0.2, 0.25) is 5.91 Å². The Morgan fingerprint density at radius 2 is 1.81 bits per heavy atom. The SMILES string of the molecule is COc1ccc(-n2c(C)nnc2SCC(=O)NCC(c2ccccc2)N2CCCC2)cc1. The standard InChI is InChI=1S/C24H29N5O2S/c1-18-26-27-24(29(18)20-10-12-21(31-2)13-11-20)32-17-23(30)25-16-22(28-14-6-7-15-28)19-8-4-3-5-9-19/h3-5,8-13,22H,6-7,14-17H2,1-2H3,(H,25,30). The van der Waals surface area contributed by atoms with Crippen molar-refractivity contribution < 1.29 is 9.53 Å². The number of carbonyl (C=O) groups is 1. The molecule has 1 aliphatic heterocycles. The van der Waals surface area contributed by atoms with Crippen LogP contribution in [0.2, 0.25) is 0 Å². The third kappa shape index (κ3) is 5.31. The molecule has 7 nitrogen and oxygen atoms in total. The number of likely N-dealkylation sites (tertiary alicyclic amines) is 1. The minimum atomic E-state index is -0.00272. The van der Waals surface area contributed by atoms with Gasteiger partial charge in [-0.15, -0.1) is 10.2 Å². The lowest BCUT2D eigenvalue weighted by Gasteiger charge is -2.28. The monoisotopic (exact) mass is 451 g/mol. The zero-order chi connectivity index (χ0) is 22.3. The zero-order valence-corrected chi connectivity index (χ0v) is 19.3. The predicted octanol–water partition coefficient (Wildman–Crippen LogP) is 3.63. The summed E-state index contributed by atoms with van der Waals surface area (Å²) in [5.74, 6) is 1.85. The van der Waals surface area contributed by atoms with Gasteiger partial charge in [-0.2, -0.15) is 0 Å². The van der Waals surface area contributed by atoms with E-state index in [-0.39, 0.29) is 17.7 Å². The molecule has 1 saturated heterocycles. The predicted molar refractivity (Wildman–Crippen MR) is 126 cm³/mol. The second-order valence-corrected chi connectivity index (χ2v) is 8.77. The molecular weight excluding hydrogens is 422 g/mol. The van der Waals surface area contributed by atoms with Gasteiger partial charge in [0, 0.05) is 12.2 Å². The molecule has 0 radical (unpaired) electrons. The molecule has 168 valence electrons. The van der Waals surface area contributed by atoms with Crippen LogP contribution in [0.5, 0.6) is 5.75 Å². The van der Waals surface area contributed by atoms with Crippen molar-refractivity contribution in [2.45, 2.75) is 31.0 Å². The van der Waals surface area contributed by atoms with E-state index in [1.54, 1.807) is 7.11 Å². The summed E-state index contributed by atoms with van der Waals surface area (Å²) in [5.41, 5.74) is 2.19. The number of methoxy groups -OCH3 is 1. The summed E-state index contributed by atoms with van der Waals surface area (Å²) in [5, 5.41) is 12.3. The van der Waals surface area contributed by atoms with E-state index in [2.05, 4.69) is 44.7 Å². The van der Waals surface area contributed by atoms with Crippen molar-refractivity contribution in [3.63, 3.8) is 0 Å². The molecule has 1 N–H and O–H groups in total. The Balaban J connectivity index is 1.37. The van der Waals surface area contributed by atoms with Crippen LogP contribution < -0.4 is 10.1 Å². The summed E-state index contributed by atoms with van der Waals surface area (Å²) in [6.07, 6.45) is 2.43. The lowest BCUT2D eigenvalue weighted by molar-refractivity contribution is -0.118. The number of hydrogen-bond acceptors (Lipinski definition) is 6. The van der Waals surface area contributed by atoms with Gasteiger partial charge in [0.25, 0.3) is 0 Å². The Morgan fingerprint density at radius 3 is 2.50 bits per heavy atom. The number of benzene rings is 2. The second-order valence-electron chi connectivity index (χ2n) is 7.83. The van der Waals surface area contributed by atoms with Gasteiger partial charge < -0.3 is 10.1 Å². The Hall–Kier alpha value is -2.84. The van der Waals surface area contributed by atoms with Crippen LogP contribution in [0.3, 0.4) is 0 Å². The highest BCUT2D eigenvalue weighted by Crippen LogP contribution is 2.25. The summed E-state index contributed by atoms with van der Waals surface area (Å²) in [7, 11) is 1.64. The van der Waals surface area contributed by atoms with Crippen LogP contribution in [0.4, 0.5) is 0 Å². The summed E-state index contributed by atoms with van der Waals surface area (Å²) in [4.78, 5) is 15.1. The fourth-order valence-electron chi connectivity index (χ4n) is 4.04. The average Bonchev–Trinajstić information content (AvgIpc) is 3.49. The molecule has 4 rings (SSSR count). The van der Waals surface area contributed by atoms with Gasteiger partial charge in [-0.3, -0.25) is 14.3 Å². The summed E-state index contributed by atoms with van der Waals surface area (Å²) < 4.78 is 7.19. The number of aryl methyl sites for hydroxylation is 1. The highest BCUT2D eigenvalue weighted by molar-refractivity contribution is 7.99. The number of nitrogens with zero attached hydrogens (tertiary/aromatic N) is 4. The van der Waals surface area contributed by atoms with Crippen LogP contribution in [0.15, 0.2) is 59.8 Å². The number of amides is 1. The Kier molecular flexibility index (Phi) is 7.44. The van der Waals surface area contributed by atoms with Crippen molar-refractivity contribution in [2.24, 2.45) is 0 Å². The molecule has 0 saturated carbocycles. The van der Waals surface area contributed by atoms with Gasteiger partial charge in [-0.25, -0.2) is 0 Å². The summed E-state index contributed by atoms with van der Waals surface area (Å²) in [6.45, 7) is 4.67.